The molecule has 1 aliphatic rings. The number of carbonyl (C=O) groups excluding carboxylic acids is 1. The second-order valence-corrected chi connectivity index (χ2v) is 6.06. The van der Waals surface area contributed by atoms with Gasteiger partial charge in [0.15, 0.2) is 5.75 Å². The minimum Gasteiger partial charge on any atom is -0.465 e. The predicted molar refractivity (Wildman–Crippen MR) is 61.8 cm³/mol. The van der Waals surface area contributed by atoms with E-state index >= 15 is 0 Å². The van der Waals surface area contributed by atoms with E-state index in [0.29, 0.717) is 19.5 Å². The first-order valence-corrected chi connectivity index (χ1v) is 7.34. The van der Waals surface area contributed by atoms with Gasteiger partial charge in [0.25, 0.3) is 0 Å². The van der Waals surface area contributed by atoms with Crippen molar-refractivity contribution >= 4 is 16.0 Å². The van der Waals surface area contributed by atoms with Crippen LogP contribution in [0.3, 0.4) is 0 Å². The van der Waals surface area contributed by atoms with E-state index in [9.17, 15) is 13.2 Å². The van der Waals surface area contributed by atoms with Crippen molar-refractivity contribution in [2.24, 2.45) is 5.92 Å². The van der Waals surface area contributed by atoms with E-state index in [4.69, 9.17) is 5.11 Å². The summed E-state index contributed by atoms with van der Waals surface area (Å²) < 4.78 is 29.6. The Kier molecular flexibility index (Phi) is 5.35. The summed E-state index contributed by atoms with van der Waals surface area (Å²) in [6.45, 7) is 2.70. The van der Waals surface area contributed by atoms with Crippen LogP contribution in [0.15, 0.2) is 0 Å². The van der Waals surface area contributed by atoms with Gasteiger partial charge >= 0.3 is 5.97 Å². The highest BCUT2D eigenvalue weighted by molar-refractivity contribution is 7.89. The fourth-order valence-electron chi connectivity index (χ4n) is 1.91. The van der Waals surface area contributed by atoms with Gasteiger partial charge in [0.1, 0.15) is 0 Å². The fourth-order valence-corrected chi connectivity index (χ4v) is 3.30. The van der Waals surface area contributed by atoms with Crippen LogP contribution < -0.4 is 0 Å². The van der Waals surface area contributed by atoms with Crippen molar-refractivity contribution in [1.29, 1.82) is 0 Å². The Balaban J connectivity index is 2.52. The number of hydrogen-bond acceptors (Lipinski definition) is 5. The molecule has 0 bridgehead atoms. The molecule has 17 heavy (non-hydrogen) atoms. The molecule has 1 fully saturated rings. The van der Waals surface area contributed by atoms with E-state index < -0.39 is 21.7 Å². The third-order valence-corrected chi connectivity index (χ3v) is 4.50. The first-order valence-electron chi connectivity index (χ1n) is 5.74. The summed E-state index contributed by atoms with van der Waals surface area (Å²) in [5.74, 6) is -1.11. The van der Waals surface area contributed by atoms with Crippen LogP contribution >= 0.6 is 0 Å². The molecule has 0 spiro atoms. The predicted octanol–water partition coefficient (Wildman–Crippen LogP) is -0.416. The average Bonchev–Trinajstić information content (AvgIpc) is 2.67. The summed E-state index contributed by atoms with van der Waals surface area (Å²) in [6, 6.07) is 0. The van der Waals surface area contributed by atoms with Crippen molar-refractivity contribution < 1.29 is 23.1 Å². The molecular weight excluding hydrogens is 246 g/mol. The molecule has 0 aromatic heterocycles. The highest BCUT2D eigenvalue weighted by Crippen LogP contribution is 2.22. The maximum absolute atomic E-state index is 11.8. The lowest BCUT2D eigenvalue weighted by molar-refractivity contribution is -0.140. The lowest BCUT2D eigenvalue weighted by Gasteiger charge is -2.15. The van der Waals surface area contributed by atoms with Crippen LogP contribution in [-0.4, -0.2) is 55.9 Å². The van der Waals surface area contributed by atoms with Crippen LogP contribution in [0.25, 0.3) is 0 Å². The zero-order chi connectivity index (χ0) is 12.9. The Morgan fingerprint density at radius 1 is 1.53 bits per heavy atom. The Morgan fingerprint density at radius 2 is 2.24 bits per heavy atom. The minimum atomic E-state index is -3.56. The number of aliphatic hydroxyl groups is 1. The molecule has 0 aliphatic carbocycles. The number of esters is 1. The van der Waals surface area contributed by atoms with Crippen molar-refractivity contribution in [2.45, 2.75) is 19.8 Å². The Bertz CT molecular complexity index is 354. The Morgan fingerprint density at radius 3 is 2.82 bits per heavy atom. The van der Waals surface area contributed by atoms with Crippen LogP contribution in [0.1, 0.15) is 19.8 Å². The van der Waals surface area contributed by atoms with Crippen LogP contribution in [0, 0.1) is 5.92 Å². The first-order chi connectivity index (χ1) is 7.99. The number of aliphatic hydroxyl groups excluding tert-OH is 1. The molecule has 0 radical (unpaired) electrons. The lowest BCUT2D eigenvalue weighted by atomic mass is 10.1. The van der Waals surface area contributed by atoms with Crippen LogP contribution in [0.5, 0.6) is 0 Å². The summed E-state index contributed by atoms with van der Waals surface area (Å²) in [6.07, 6.45) is 1.34. The van der Waals surface area contributed by atoms with E-state index in [1.807, 2.05) is 0 Å². The standard InChI is InChI=1S/C10H19NO5S/c1-2-16-10(13)8-17(14,15)11-5-3-9(7-11)4-6-12/h9,12H,2-8H2,1H3. The smallest absolute Gasteiger partial charge is 0.322 e. The van der Waals surface area contributed by atoms with Gasteiger partial charge < -0.3 is 9.84 Å². The van der Waals surface area contributed by atoms with Crippen molar-refractivity contribution in [2.75, 3.05) is 32.1 Å². The van der Waals surface area contributed by atoms with Crippen LogP contribution in [-0.2, 0) is 19.6 Å². The second kappa shape index (κ2) is 6.32. The molecule has 1 atom stereocenters. The maximum atomic E-state index is 11.8. The monoisotopic (exact) mass is 265 g/mol. The Labute approximate surface area is 102 Å². The second-order valence-electron chi connectivity index (χ2n) is 4.09. The average molecular weight is 265 g/mol. The minimum absolute atomic E-state index is 0.0659. The number of rotatable bonds is 6. The molecule has 0 aromatic carbocycles. The summed E-state index contributed by atoms with van der Waals surface area (Å²) >= 11 is 0. The highest BCUT2D eigenvalue weighted by Gasteiger charge is 2.32. The van der Waals surface area contributed by atoms with Crippen molar-refractivity contribution in [3.05, 3.63) is 0 Å². The van der Waals surface area contributed by atoms with E-state index in [-0.39, 0.29) is 19.1 Å². The van der Waals surface area contributed by atoms with Gasteiger partial charge in [-0.1, -0.05) is 0 Å². The molecule has 0 amide bonds. The zero-order valence-electron chi connectivity index (χ0n) is 9.96. The van der Waals surface area contributed by atoms with E-state index in [1.54, 1.807) is 6.92 Å². The number of hydrogen-bond donors (Lipinski definition) is 1. The SMILES string of the molecule is CCOC(=O)CS(=O)(=O)N1CCC(CCO)C1. The zero-order valence-corrected chi connectivity index (χ0v) is 10.8. The molecule has 1 saturated heterocycles. The molecule has 1 N–H and O–H groups in total. The summed E-state index contributed by atoms with van der Waals surface area (Å²) in [4.78, 5) is 11.2. The van der Waals surface area contributed by atoms with Gasteiger partial charge in [0.2, 0.25) is 10.0 Å². The molecule has 1 unspecified atom stereocenters. The molecule has 1 rings (SSSR count). The van der Waals surface area contributed by atoms with E-state index in [2.05, 4.69) is 4.74 Å². The van der Waals surface area contributed by atoms with Gasteiger partial charge in [0, 0.05) is 19.7 Å². The number of nitrogens with zero attached hydrogens (tertiary/aromatic N) is 1. The van der Waals surface area contributed by atoms with Gasteiger partial charge in [-0.25, -0.2) is 12.7 Å². The molecule has 1 heterocycles. The van der Waals surface area contributed by atoms with Gasteiger partial charge in [-0.3, -0.25) is 4.79 Å². The maximum Gasteiger partial charge on any atom is 0.322 e. The number of sulfonamides is 1. The third-order valence-electron chi connectivity index (χ3n) is 2.78. The normalized spacial score (nSPS) is 21.6. The third kappa shape index (κ3) is 4.25. The van der Waals surface area contributed by atoms with Crippen LogP contribution in [0.4, 0.5) is 0 Å². The quantitative estimate of drug-likeness (QED) is 0.660. The molecule has 7 heteroatoms. The van der Waals surface area contributed by atoms with Gasteiger partial charge in [-0.05, 0) is 25.7 Å². The molecule has 6 nitrogen and oxygen atoms in total. The van der Waals surface area contributed by atoms with Crippen molar-refractivity contribution in [3.63, 3.8) is 0 Å². The first kappa shape index (κ1) is 14.4. The highest BCUT2D eigenvalue weighted by atomic mass is 32.2. The summed E-state index contributed by atoms with van der Waals surface area (Å²) in [7, 11) is -3.56. The topological polar surface area (TPSA) is 83.9 Å². The van der Waals surface area contributed by atoms with Gasteiger partial charge in [0.05, 0.1) is 6.61 Å². The van der Waals surface area contributed by atoms with Crippen molar-refractivity contribution in [3.8, 4) is 0 Å². The summed E-state index contributed by atoms with van der Waals surface area (Å²) in [5.41, 5.74) is 0. The van der Waals surface area contributed by atoms with Gasteiger partial charge in [-0.15, -0.1) is 0 Å². The molecule has 100 valence electrons. The Hall–Kier alpha value is -0.660. The number of carbonyl (C=O) groups is 1. The van der Waals surface area contributed by atoms with Gasteiger partial charge in [-0.2, -0.15) is 0 Å². The van der Waals surface area contributed by atoms with E-state index in [1.165, 1.54) is 4.31 Å². The molecule has 0 saturated carbocycles. The fraction of sp³-hybridized carbons (Fsp3) is 0.900. The lowest BCUT2D eigenvalue weighted by Crippen LogP contribution is -2.34. The molecular formula is C10H19NO5S. The number of ether oxygens (including phenoxy) is 1. The van der Waals surface area contributed by atoms with Crippen LogP contribution in [0.2, 0.25) is 0 Å². The largest absolute Gasteiger partial charge is 0.465 e. The van der Waals surface area contributed by atoms with E-state index in [0.717, 1.165) is 6.42 Å². The van der Waals surface area contributed by atoms with Crippen molar-refractivity contribution in [1.82, 2.24) is 4.31 Å². The molecule has 1 aliphatic heterocycles. The summed E-state index contributed by atoms with van der Waals surface area (Å²) in [5, 5.41) is 8.79. The molecule has 0 aromatic rings.